The van der Waals surface area contributed by atoms with Crippen LogP contribution in [0.5, 0.6) is 0 Å². The van der Waals surface area contributed by atoms with Crippen molar-refractivity contribution in [1.82, 2.24) is 25.1 Å². The number of hydrogen-bond donors (Lipinski definition) is 1. The number of amides is 1. The molecule has 162 valence electrons. The van der Waals surface area contributed by atoms with Crippen LogP contribution in [0.1, 0.15) is 15.4 Å². The molecular weight excluding hydrogens is 422 g/mol. The summed E-state index contributed by atoms with van der Waals surface area (Å²) in [5, 5.41) is 15.0. The lowest BCUT2D eigenvalue weighted by Crippen LogP contribution is -2.57. The fraction of sp³-hybridized carbons (Fsp3) is 0.261. The Hall–Kier alpha value is -3.43. The van der Waals surface area contributed by atoms with Crippen LogP contribution in [0.3, 0.4) is 0 Å². The van der Waals surface area contributed by atoms with Gasteiger partial charge >= 0.3 is 0 Å². The van der Waals surface area contributed by atoms with Crippen molar-refractivity contribution in [3.05, 3.63) is 59.4 Å². The number of anilines is 2. The molecule has 4 aromatic rings. The van der Waals surface area contributed by atoms with Crippen molar-refractivity contribution in [2.24, 2.45) is 0 Å². The molecule has 8 nitrogen and oxygen atoms in total. The normalized spacial score (nSPS) is 14.1. The van der Waals surface area contributed by atoms with Crippen molar-refractivity contribution >= 4 is 39.7 Å². The quantitative estimate of drug-likeness (QED) is 0.503. The number of aromatic nitrogens is 4. The Balaban J connectivity index is 1.34. The van der Waals surface area contributed by atoms with E-state index < -0.39 is 0 Å². The fourth-order valence-electron chi connectivity index (χ4n) is 3.65. The zero-order chi connectivity index (χ0) is 22.2. The molecule has 9 heteroatoms. The van der Waals surface area contributed by atoms with Crippen molar-refractivity contribution in [3.8, 4) is 10.6 Å². The molecule has 4 heterocycles. The summed E-state index contributed by atoms with van der Waals surface area (Å²) in [5.74, 6) is 1.11. The van der Waals surface area contributed by atoms with Gasteiger partial charge in [0.2, 0.25) is 0 Å². The molecule has 1 N–H and O–H groups in total. The summed E-state index contributed by atoms with van der Waals surface area (Å²) >= 11 is 1.55. The predicted molar refractivity (Wildman–Crippen MR) is 127 cm³/mol. The minimum atomic E-state index is -0.207. The summed E-state index contributed by atoms with van der Waals surface area (Å²) in [4.78, 5) is 26.1. The van der Waals surface area contributed by atoms with Crippen molar-refractivity contribution < 1.29 is 4.79 Å². The molecule has 3 aromatic heterocycles. The van der Waals surface area contributed by atoms with Crippen LogP contribution in [-0.2, 0) is 0 Å². The molecule has 0 unspecified atom stereocenters. The van der Waals surface area contributed by atoms with Crippen LogP contribution >= 0.6 is 11.3 Å². The van der Waals surface area contributed by atoms with Gasteiger partial charge in [-0.25, -0.2) is 9.97 Å². The van der Waals surface area contributed by atoms with E-state index in [1.807, 2.05) is 37.3 Å². The average molecular weight is 446 g/mol. The fourth-order valence-corrected chi connectivity index (χ4v) is 4.33. The highest BCUT2D eigenvalue weighted by atomic mass is 32.1. The maximum Gasteiger partial charge on any atom is 0.257 e. The number of pyridine rings is 2. The predicted octanol–water partition coefficient (Wildman–Crippen LogP) is 3.46. The number of nitrogens with zero attached hydrogens (tertiary/aromatic N) is 6. The molecule has 5 rings (SSSR count). The minimum Gasteiger partial charge on any atom is -0.353 e. The highest BCUT2D eigenvalue weighted by molar-refractivity contribution is 7.14. The maximum atomic E-state index is 12.9. The third-order valence-corrected chi connectivity index (χ3v) is 6.55. The van der Waals surface area contributed by atoms with E-state index in [1.54, 1.807) is 29.8 Å². The standard InChI is InChI=1S/C23H23N7OS/c1-14-27-28-23(32-14)16-4-5-17-11-25-20(9-18(17)8-16)26-22(31)15-6-7-24-21(10-15)30-12-19(13-30)29(2)3/h4-11,19H,12-13H2,1-3H3,(H,25,26,31). The topological polar surface area (TPSA) is 87.1 Å². The first-order valence-electron chi connectivity index (χ1n) is 10.4. The average Bonchev–Trinajstić information content (AvgIpc) is 3.18. The zero-order valence-electron chi connectivity index (χ0n) is 18.1. The van der Waals surface area contributed by atoms with Gasteiger partial charge in [-0.1, -0.05) is 23.5 Å². The number of carbonyl (C=O) groups is 1. The molecule has 1 saturated heterocycles. The second kappa shape index (κ2) is 8.25. The van der Waals surface area contributed by atoms with Crippen LogP contribution in [0.25, 0.3) is 21.3 Å². The van der Waals surface area contributed by atoms with E-state index >= 15 is 0 Å². The lowest BCUT2D eigenvalue weighted by Gasteiger charge is -2.43. The van der Waals surface area contributed by atoms with Gasteiger partial charge in [-0.3, -0.25) is 4.79 Å². The summed E-state index contributed by atoms with van der Waals surface area (Å²) in [6, 6.07) is 12.0. The van der Waals surface area contributed by atoms with Gasteiger partial charge in [-0.05, 0) is 50.7 Å². The van der Waals surface area contributed by atoms with Crippen LogP contribution < -0.4 is 10.2 Å². The Labute approximate surface area is 189 Å². The number of hydrogen-bond acceptors (Lipinski definition) is 8. The van der Waals surface area contributed by atoms with E-state index in [2.05, 4.69) is 49.4 Å². The van der Waals surface area contributed by atoms with Crippen LogP contribution in [0.2, 0.25) is 0 Å². The van der Waals surface area contributed by atoms with Gasteiger partial charge in [-0.15, -0.1) is 10.2 Å². The molecule has 0 bridgehead atoms. The van der Waals surface area contributed by atoms with Gasteiger partial charge in [0.25, 0.3) is 5.91 Å². The van der Waals surface area contributed by atoms with Crippen molar-refractivity contribution in [3.63, 3.8) is 0 Å². The molecule has 1 aliphatic rings. The smallest absolute Gasteiger partial charge is 0.257 e. The third-order valence-electron chi connectivity index (χ3n) is 5.66. The molecule has 0 saturated carbocycles. The van der Waals surface area contributed by atoms with Gasteiger partial charge in [0, 0.05) is 48.0 Å². The van der Waals surface area contributed by atoms with E-state index in [4.69, 9.17) is 0 Å². The Bertz CT molecular complexity index is 1300. The van der Waals surface area contributed by atoms with E-state index in [0.29, 0.717) is 17.4 Å². The van der Waals surface area contributed by atoms with Crippen molar-refractivity contribution in [2.45, 2.75) is 13.0 Å². The van der Waals surface area contributed by atoms with Gasteiger partial charge in [-0.2, -0.15) is 0 Å². The number of carbonyl (C=O) groups excluding carboxylic acids is 1. The molecule has 1 aromatic carbocycles. The van der Waals surface area contributed by atoms with E-state index in [1.165, 1.54) is 0 Å². The number of aryl methyl sites for hydroxylation is 1. The molecule has 1 fully saturated rings. The second-order valence-corrected chi connectivity index (χ2v) is 9.32. The highest BCUT2D eigenvalue weighted by Crippen LogP contribution is 2.28. The third kappa shape index (κ3) is 4.04. The van der Waals surface area contributed by atoms with Crippen molar-refractivity contribution in [1.29, 1.82) is 0 Å². The van der Waals surface area contributed by atoms with Crippen molar-refractivity contribution in [2.75, 3.05) is 37.4 Å². The van der Waals surface area contributed by atoms with Crippen LogP contribution in [0.15, 0.2) is 48.8 Å². The zero-order valence-corrected chi connectivity index (χ0v) is 18.9. The number of rotatable bonds is 5. The molecule has 0 spiro atoms. The number of nitrogens with one attached hydrogen (secondary N) is 1. The molecule has 1 amide bonds. The first-order valence-corrected chi connectivity index (χ1v) is 11.2. The number of benzene rings is 1. The van der Waals surface area contributed by atoms with Gasteiger partial charge < -0.3 is 15.1 Å². The summed E-state index contributed by atoms with van der Waals surface area (Å²) < 4.78 is 0. The van der Waals surface area contributed by atoms with Crippen LogP contribution in [-0.4, -0.2) is 64.2 Å². The van der Waals surface area contributed by atoms with Gasteiger partial charge in [0.05, 0.1) is 0 Å². The summed E-state index contributed by atoms with van der Waals surface area (Å²) in [7, 11) is 4.15. The molecule has 0 atom stereocenters. The first-order chi connectivity index (χ1) is 15.5. The molecule has 32 heavy (non-hydrogen) atoms. The molecule has 0 radical (unpaired) electrons. The van der Waals surface area contributed by atoms with Gasteiger partial charge in [0.15, 0.2) is 0 Å². The maximum absolute atomic E-state index is 12.9. The lowest BCUT2D eigenvalue weighted by atomic mass is 10.1. The SMILES string of the molecule is Cc1nnc(-c2ccc3cnc(NC(=O)c4ccnc(N5CC(N(C)C)C5)c4)cc3c2)s1. The van der Waals surface area contributed by atoms with E-state index in [-0.39, 0.29) is 5.91 Å². The van der Waals surface area contributed by atoms with E-state index in [9.17, 15) is 4.79 Å². The number of likely N-dealkylation sites (N-methyl/N-ethyl adjacent to an activating group) is 1. The molecular formula is C23H23N7OS. The molecule has 1 aliphatic heterocycles. The van der Waals surface area contributed by atoms with E-state index in [0.717, 1.165) is 45.3 Å². The Morgan fingerprint density at radius 1 is 1.09 bits per heavy atom. The first kappa shape index (κ1) is 20.5. The Morgan fingerprint density at radius 2 is 1.94 bits per heavy atom. The van der Waals surface area contributed by atoms with Gasteiger partial charge in [0.1, 0.15) is 21.7 Å². The van der Waals surface area contributed by atoms with Crippen LogP contribution in [0, 0.1) is 6.92 Å². The summed E-state index contributed by atoms with van der Waals surface area (Å²) in [6.07, 6.45) is 3.44. The summed E-state index contributed by atoms with van der Waals surface area (Å²) in [6.45, 7) is 3.76. The monoisotopic (exact) mass is 445 g/mol. The van der Waals surface area contributed by atoms with Crippen LogP contribution in [0.4, 0.5) is 11.6 Å². The Morgan fingerprint density at radius 3 is 2.69 bits per heavy atom. The second-order valence-electron chi connectivity index (χ2n) is 8.14. The summed E-state index contributed by atoms with van der Waals surface area (Å²) in [5.41, 5.74) is 1.55. The number of fused-ring (bicyclic) bond motifs is 1. The largest absolute Gasteiger partial charge is 0.353 e. The Kier molecular flexibility index (Phi) is 5.28. The lowest BCUT2D eigenvalue weighted by molar-refractivity contribution is 0.102. The highest BCUT2D eigenvalue weighted by Gasteiger charge is 2.29. The minimum absolute atomic E-state index is 0.207. The molecule has 0 aliphatic carbocycles.